The number of carbonyl (C=O) groups is 2. The van der Waals surface area contributed by atoms with Gasteiger partial charge in [-0.3, -0.25) is 9.59 Å². The fraction of sp³-hybridized carbons (Fsp3) is 0.855. The predicted octanol–water partition coefficient (Wildman–Crippen LogP) is 7.74. The lowest BCUT2D eigenvalue weighted by Crippen LogP contribution is -2.65. The number of rotatable bonds is 19. The maximum Gasteiger partial charge on any atom is 0.308 e. The number of cyclic esters (lactones) is 1. The van der Waals surface area contributed by atoms with Crippen LogP contribution < -0.4 is 0 Å². The molecule has 10 unspecified atom stereocenters. The summed E-state index contributed by atoms with van der Waals surface area (Å²) in [4.78, 5) is 30.7. The van der Waals surface area contributed by atoms with Crippen molar-refractivity contribution < 1.29 is 66.9 Å². The van der Waals surface area contributed by atoms with E-state index in [-0.39, 0.29) is 54.3 Å². The Hall–Kier alpha value is -2.10. The van der Waals surface area contributed by atoms with E-state index in [0.717, 1.165) is 25.8 Å². The van der Waals surface area contributed by atoms with Gasteiger partial charge in [0, 0.05) is 59.6 Å². The second kappa shape index (κ2) is 28.3. The van der Waals surface area contributed by atoms with Gasteiger partial charge in [-0.2, -0.15) is 0 Å². The van der Waals surface area contributed by atoms with Crippen LogP contribution in [-0.2, 0) is 63.1 Å². The maximum atomic E-state index is 13.7. The van der Waals surface area contributed by atoms with Crippen LogP contribution >= 0.6 is 0 Å². The lowest BCUT2D eigenvalue weighted by Gasteiger charge is -2.51. The van der Waals surface area contributed by atoms with E-state index in [1.807, 2.05) is 59.7 Å². The van der Waals surface area contributed by atoms with E-state index in [2.05, 4.69) is 70.0 Å². The van der Waals surface area contributed by atoms with Crippen molar-refractivity contribution >= 4 is 20.3 Å². The zero-order valence-electron chi connectivity index (χ0n) is 47.3. The van der Waals surface area contributed by atoms with Crippen LogP contribution in [0.25, 0.3) is 0 Å². The Morgan fingerprint density at radius 1 is 0.944 bits per heavy atom. The number of hydrogen-bond acceptors (Lipinski definition) is 16. The van der Waals surface area contributed by atoms with E-state index in [0.29, 0.717) is 32.4 Å². The second-order valence-corrected chi connectivity index (χ2v) is 27.8. The number of benzene rings is 1. The Bertz CT molecular complexity index is 1750. The number of methoxy groups -OCH3 is 3. The molecule has 4 rings (SSSR count). The van der Waals surface area contributed by atoms with Crippen LogP contribution in [0.1, 0.15) is 126 Å². The first-order chi connectivity index (χ1) is 33.8. The van der Waals surface area contributed by atoms with Gasteiger partial charge in [-0.25, -0.2) is 0 Å². The van der Waals surface area contributed by atoms with Crippen molar-refractivity contribution in [1.82, 2.24) is 9.80 Å². The highest BCUT2D eigenvalue weighted by Crippen LogP contribution is 2.42. The number of aliphatic hydroxyl groups is 2. The number of likely N-dealkylation sites (N-methyl/N-ethyl adjacent to an activating group) is 1. The SMILES string of the molecule is CCC(=O)OC1(C)CC(OC2C(C)OC(O[C@@H]3C(OC)[C@H](O)CC(=O)O[C@H](C)CCN(CCCCc4ccccc4)C[C@H](O[Si](C)(C)C(C)(C)C)[C@H](C)C[C@@H]3CC(OC)OC)C(O)C2N(C)C)OC(C)C1C. The summed E-state index contributed by atoms with van der Waals surface area (Å²) < 4.78 is 64.3. The number of carbonyl (C=O) groups excluding carboxylic acids is 2. The third-order valence-corrected chi connectivity index (χ3v) is 20.8. The molecular weight excluding hydrogens is 941 g/mol. The summed E-state index contributed by atoms with van der Waals surface area (Å²) in [5, 5.41) is 24.6. The van der Waals surface area contributed by atoms with Crippen LogP contribution in [0.3, 0.4) is 0 Å². The molecule has 3 aliphatic heterocycles. The molecule has 0 aromatic heterocycles. The summed E-state index contributed by atoms with van der Waals surface area (Å²) in [6.45, 7) is 27.2. The summed E-state index contributed by atoms with van der Waals surface area (Å²) in [6, 6.07) is 9.89. The topological polar surface area (TPSA) is 173 Å². The van der Waals surface area contributed by atoms with E-state index in [1.165, 1.54) is 12.7 Å². The lowest BCUT2D eigenvalue weighted by molar-refractivity contribution is -0.342. The third-order valence-electron chi connectivity index (χ3n) is 16.3. The van der Waals surface area contributed by atoms with Crippen molar-refractivity contribution in [3.05, 3.63) is 35.9 Å². The van der Waals surface area contributed by atoms with Gasteiger partial charge >= 0.3 is 11.9 Å². The van der Waals surface area contributed by atoms with Gasteiger partial charge < -0.3 is 67.1 Å². The zero-order chi connectivity index (χ0) is 53.7. The largest absolute Gasteiger partial charge is 0.463 e. The summed E-state index contributed by atoms with van der Waals surface area (Å²) in [5.74, 6) is -1.49. The smallest absolute Gasteiger partial charge is 0.308 e. The fourth-order valence-corrected chi connectivity index (χ4v) is 11.8. The van der Waals surface area contributed by atoms with Crippen LogP contribution in [0.15, 0.2) is 30.3 Å². The van der Waals surface area contributed by atoms with Crippen molar-refractivity contribution in [3.8, 4) is 0 Å². The molecule has 0 aliphatic carbocycles. The molecule has 1 aromatic carbocycles. The highest BCUT2D eigenvalue weighted by molar-refractivity contribution is 6.74. The minimum absolute atomic E-state index is 0.0715. The molecule has 0 bridgehead atoms. The molecule has 0 spiro atoms. The van der Waals surface area contributed by atoms with E-state index in [4.69, 9.17) is 47.1 Å². The van der Waals surface area contributed by atoms with Crippen molar-refractivity contribution in [3.63, 3.8) is 0 Å². The zero-order valence-corrected chi connectivity index (χ0v) is 48.3. The van der Waals surface area contributed by atoms with E-state index < -0.39 is 93.4 Å². The highest BCUT2D eigenvalue weighted by Gasteiger charge is 2.53. The Morgan fingerprint density at radius 2 is 1.61 bits per heavy atom. The van der Waals surface area contributed by atoms with Gasteiger partial charge in [-0.05, 0) is 116 Å². The Kier molecular flexibility index (Phi) is 24.6. The second-order valence-electron chi connectivity index (χ2n) is 23.1. The summed E-state index contributed by atoms with van der Waals surface area (Å²) in [5.41, 5.74) is 0.471. The van der Waals surface area contributed by atoms with Crippen molar-refractivity contribution in [2.24, 2.45) is 17.8 Å². The first kappa shape index (κ1) is 62.4. The maximum absolute atomic E-state index is 13.7. The van der Waals surface area contributed by atoms with Crippen LogP contribution in [-0.4, -0.2) is 181 Å². The molecule has 3 aliphatic rings. The molecule has 0 radical (unpaired) electrons. The number of hydrogen-bond donors (Lipinski definition) is 2. The molecule has 16 atom stereocenters. The van der Waals surface area contributed by atoms with Gasteiger partial charge in [-0.1, -0.05) is 71.9 Å². The summed E-state index contributed by atoms with van der Waals surface area (Å²) in [7, 11) is 6.02. The van der Waals surface area contributed by atoms with Crippen molar-refractivity contribution in [2.75, 3.05) is 55.1 Å². The van der Waals surface area contributed by atoms with Gasteiger partial charge in [0.25, 0.3) is 0 Å². The molecular formula is C55H98N2O14Si. The third kappa shape index (κ3) is 17.5. The summed E-state index contributed by atoms with van der Waals surface area (Å²) in [6.07, 6.45) is -5.11. The van der Waals surface area contributed by atoms with Crippen LogP contribution in [0, 0.1) is 17.8 Å². The first-order valence-electron chi connectivity index (χ1n) is 26.9. The summed E-state index contributed by atoms with van der Waals surface area (Å²) >= 11 is 0. The molecule has 0 saturated carbocycles. The Morgan fingerprint density at radius 3 is 2.21 bits per heavy atom. The van der Waals surface area contributed by atoms with Crippen LogP contribution in [0.5, 0.6) is 0 Å². The van der Waals surface area contributed by atoms with E-state index >= 15 is 0 Å². The minimum atomic E-state index is -2.36. The lowest BCUT2D eigenvalue weighted by atomic mass is 9.81. The van der Waals surface area contributed by atoms with Gasteiger partial charge in [0.15, 0.2) is 27.2 Å². The number of aliphatic hydroxyl groups excluding tert-OH is 2. The molecule has 2 N–H and O–H groups in total. The number of esters is 2. The number of ether oxygens (including phenoxy) is 9. The number of aryl methyl sites for hydroxylation is 1. The Labute approximate surface area is 434 Å². The highest BCUT2D eigenvalue weighted by atomic mass is 28.4. The predicted molar refractivity (Wildman–Crippen MR) is 280 cm³/mol. The van der Waals surface area contributed by atoms with E-state index in [1.54, 1.807) is 21.1 Å². The van der Waals surface area contributed by atoms with Crippen molar-refractivity contribution in [2.45, 2.75) is 231 Å². The van der Waals surface area contributed by atoms with Gasteiger partial charge in [0.2, 0.25) is 0 Å². The monoisotopic (exact) mass is 1040 g/mol. The molecule has 1 aromatic rings. The first-order valence-corrected chi connectivity index (χ1v) is 29.8. The average Bonchev–Trinajstić information content (AvgIpc) is 3.30. The molecule has 3 heterocycles. The quantitative estimate of drug-likeness (QED) is 0.0596. The van der Waals surface area contributed by atoms with Crippen LogP contribution in [0.2, 0.25) is 18.1 Å². The van der Waals surface area contributed by atoms with Crippen LogP contribution in [0.4, 0.5) is 0 Å². The molecule has 16 nitrogen and oxygen atoms in total. The molecule has 0 amide bonds. The minimum Gasteiger partial charge on any atom is -0.463 e. The van der Waals surface area contributed by atoms with Crippen molar-refractivity contribution in [1.29, 1.82) is 0 Å². The molecule has 3 saturated heterocycles. The van der Waals surface area contributed by atoms with E-state index in [9.17, 15) is 19.8 Å². The standard InChI is InChI=1S/C55H98N2O14Si/c1-18-44(59)70-55(10)33-47(66-38(5)37(55)4)68-50-39(6)67-53(49(61)48(50)56(11)12)69-51-41(31-46(62-13)63-14)30-35(2)43(71-72(16,17)54(7,8)9)34-57(28-23-22-26-40-24-20-19-21-25-40)29-27-36(3)65-45(60)32-42(58)52(51)64-15/h19-21,24-25,35-39,41-43,46-53,58,61H,18,22-23,26-34H2,1-17H3/t35-,36-,37?,38?,39?,41-,42-,43+,47?,48?,49?,50?,51+,52?,53?,55?/m1/s1. The molecule has 416 valence electrons. The van der Waals surface area contributed by atoms with Gasteiger partial charge in [0.1, 0.15) is 30.0 Å². The van der Waals surface area contributed by atoms with Gasteiger partial charge in [0.05, 0.1) is 43.0 Å². The average molecular weight is 1040 g/mol. The van der Waals surface area contributed by atoms with Gasteiger partial charge in [-0.15, -0.1) is 0 Å². The molecule has 72 heavy (non-hydrogen) atoms. The molecule has 3 fully saturated rings. The number of unbranched alkanes of at least 4 members (excludes halogenated alkanes) is 1. The normalized spacial score (nSPS) is 35.4. The number of nitrogens with zero attached hydrogens (tertiary/aromatic N) is 2. The Balaban J connectivity index is 1.76. The molecule has 17 heteroatoms. The fourth-order valence-electron chi connectivity index (χ4n) is 10.4.